The second kappa shape index (κ2) is 8.13. The Morgan fingerprint density at radius 2 is 1.55 bits per heavy atom. The fourth-order valence-corrected chi connectivity index (χ4v) is 5.46. The lowest BCUT2D eigenvalue weighted by Gasteiger charge is -2.30. The summed E-state index contributed by atoms with van der Waals surface area (Å²) in [6.07, 6.45) is 7.06. The zero-order chi connectivity index (χ0) is 20.5. The first-order valence-electron chi connectivity index (χ1n) is 10.9. The molecule has 0 radical (unpaired) electrons. The number of hydrogen-bond acceptors (Lipinski definition) is 3. The molecule has 2 aliphatic carbocycles. The van der Waals surface area contributed by atoms with Gasteiger partial charge in [-0.2, -0.15) is 0 Å². The van der Waals surface area contributed by atoms with Crippen LogP contribution in [0.25, 0.3) is 0 Å². The van der Waals surface area contributed by atoms with Crippen LogP contribution < -0.4 is 0 Å². The molecule has 2 fully saturated rings. The minimum absolute atomic E-state index is 0.0151. The SMILES string of the molecule is CCCN(CCC)C(=O)CC(c1ccccc1)N1C(=O)C2C3C=CC(C3)C2C1=O. The predicted octanol–water partition coefficient (Wildman–Crippen LogP) is 3.57. The number of rotatable bonds is 8. The van der Waals surface area contributed by atoms with Gasteiger partial charge in [-0.1, -0.05) is 56.3 Å². The van der Waals surface area contributed by atoms with Crippen LogP contribution in [0.3, 0.4) is 0 Å². The lowest BCUT2D eigenvalue weighted by Crippen LogP contribution is -2.41. The predicted molar refractivity (Wildman–Crippen MR) is 111 cm³/mol. The number of carbonyl (C=O) groups excluding carboxylic acids is 3. The second-order valence-electron chi connectivity index (χ2n) is 8.56. The molecule has 1 aromatic carbocycles. The maximum absolute atomic E-state index is 13.4. The van der Waals surface area contributed by atoms with Gasteiger partial charge in [-0.25, -0.2) is 0 Å². The van der Waals surface area contributed by atoms with Gasteiger partial charge in [0.15, 0.2) is 0 Å². The molecular formula is C24H30N2O3. The molecule has 5 heteroatoms. The standard InChI is InChI=1S/C24H30N2O3/c1-3-12-25(13-4-2)20(27)15-19(16-8-6-5-7-9-16)26-23(28)21-17-10-11-18(14-17)22(21)24(26)29/h5-11,17-19,21-22H,3-4,12-15H2,1-2H3. The molecule has 0 spiro atoms. The number of likely N-dealkylation sites (tertiary alicyclic amines) is 1. The smallest absolute Gasteiger partial charge is 0.234 e. The van der Waals surface area contributed by atoms with E-state index in [4.69, 9.17) is 0 Å². The van der Waals surface area contributed by atoms with Crippen molar-refractivity contribution in [1.29, 1.82) is 0 Å². The molecule has 2 bridgehead atoms. The Bertz CT molecular complexity index is 783. The third-order valence-electron chi connectivity index (χ3n) is 6.71. The Morgan fingerprint density at radius 3 is 2.07 bits per heavy atom. The highest BCUT2D eigenvalue weighted by Gasteiger charge is 2.60. The number of carbonyl (C=O) groups is 3. The lowest BCUT2D eigenvalue weighted by molar-refractivity contribution is -0.145. The topological polar surface area (TPSA) is 57.7 Å². The van der Waals surface area contributed by atoms with E-state index in [-0.39, 0.29) is 47.8 Å². The van der Waals surface area contributed by atoms with Crippen LogP contribution in [0.15, 0.2) is 42.5 Å². The third-order valence-corrected chi connectivity index (χ3v) is 6.71. The molecule has 1 saturated carbocycles. The van der Waals surface area contributed by atoms with Crippen molar-refractivity contribution in [3.8, 4) is 0 Å². The molecule has 0 aromatic heterocycles. The Morgan fingerprint density at radius 1 is 1.00 bits per heavy atom. The van der Waals surface area contributed by atoms with Crippen molar-refractivity contribution in [1.82, 2.24) is 9.80 Å². The summed E-state index contributed by atoms with van der Waals surface area (Å²) in [5.74, 6) is -0.277. The first-order valence-corrected chi connectivity index (χ1v) is 10.9. The molecule has 3 aliphatic rings. The first kappa shape index (κ1) is 19.9. The first-order chi connectivity index (χ1) is 14.1. The van der Waals surface area contributed by atoms with E-state index in [1.165, 1.54) is 4.90 Å². The molecule has 1 saturated heterocycles. The van der Waals surface area contributed by atoms with Gasteiger partial charge in [0.25, 0.3) is 0 Å². The van der Waals surface area contributed by atoms with E-state index in [2.05, 4.69) is 26.0 Å². The monoisotopic (exact) mass is 394 g/mol. The van der Waals surface area contributed by atoms with Crippen molar-refractivity contribution in [2.45, 2.75) is 45.6 Å². The number of imide groups is 1. The molecule has 3 amide bonds. The summed E-state index contributed by atoms with van der Waals surface area (Å²) in [6, 6.07) is 9.03. The number of benzene rings is 1. The second-order valence-corrected chi connectivity index (χ2v) is 8.56. The normalized spacial score (nSPS) is 28.1. The van der Waals surface area contributed by atoms with Crippen LogP contribution in [0.2, 0.25) is 0 Å². The highest BCUT2D eigenvalue weighted by atomic mass is 16.2. The highest BCUT2D eigenvalue weighted by molar-refractivity contribution is 6.07. The highest BCUT2D eigenvalue weighted by Crippen LogP contribution is 2.54. The summed E-state index contributed by atoms with van der Waals surface area (Å²) in [4.78, 5) is 43.1. The van der Waals surface area contributed by atoms with E-state index in [0.29, 0.717) is 13.1 Å². The van der Waals surface area contributed by atoms with Crippen LogP contribution in [0, 0.1) is 23.7 Å². The van der Waals surface area contributed by atoms with E-state index < -0.39 is 6.04 Å². The molecule has 5 atom stereocenters. The fourth-order valence-electron chi connectivity index (χ4n) is 5.46. The van der Waals surface area contributed by atoms with Crippen molar-refractivity contribution in [2.24, 2.45) is 23.7 Å². The van der Waals surface area contributed by atoms with Gasteiger partial charge in [0.2, 0.25) is 17.7 Å². The maximum Gasteiger partial charge on any atom is 0.234 e. The van der Waals surface area contributed by atoms with Crippen LogP contribution in [-0.4, -0.2) is 40.6 Å². The molecule has 29 heavy (non-hydrogen) atoms. The van der Waals surface area contributed by atoms with Crippen molar-refractivity contribution in [2.75, 3.05) is 13.1 Å². The molecule has 5 unspecified atom stereocenters. The Kier molecular flexibility index (Phi) is 5.57. The lowest BCUT2D eigenvalue weighted by atomic mass is 9.85. The summed E-state index contributed by atoms with van der Waals surface area (Å²) in [5, 5.41) is 0. The molecular weight excluding hydrogens is 364 g/mol. The molecule has 1 aromatic rings. The van der Waals surface area contributed by atoms with Gasteiger partial charge in [-0.3, -0.25) is 19.3 Å². The molecule has 5 nitrogen and oxygen atoms in total. The fraction of sp³-hybridized carbons (Fsp3) is 0.542. The van der Waals surface area contributed by atoms with Gasteiger partial charge in [0.05, 0.1) is 24.3 Å². The Labute approximate surface area is 172 Å². The van der Waals surface area contributed by atoms with Gasteiger partial charge >= 0.3 is 0 Å². The van der Waals surface area contributed by atoms with Crippen molar-refractivity contribution in [3.05, 3.63) is 48.0 Å². The summed E-state index contributed by atoms with van der Waals surface area (Å²) < 4.78 is 0. The third kappa shape index (κ3) is 3.41. The van der Waals surface area contributed by atoms with E-state index in [1.54, 1.807) is 0 Å². The average molecular weight is 395 g/mol. The van der Waals surface area contributed by atoms with Crippen LogP contribution in [-0.2, 0) is 14.4 Å². The van der Waals surface area contributed by atoms with Gasteiger partial charge in [-0.15, -0.1) is 0 Å². The Hall–Kier alpha value is -2.43. The quantitative estimate of drug-likeness (QED) is 0.500. The van der Waals surface area contributed by atoms with Crippen LogP contribution >= 0.6 is 0 Å². The van der Waals surface area contributed by atoms with Crippen LogP contribution in [0.5, 0.6) is 0 Å². The van der Waals surface area contributed by atoms with Gasteiger partial charge < -0.3 is 4.90 Å². The zero-order valence-corrected chi connectivity index (χ0v) is 17.3. The van der Waals surface area contributed by atoms with Crippen molar-refractivity contribution >= 4 is 17.7 Å². The number of fused-ring (bicyclic) bond motifs is 5. The van der Waals surface area contributed by atoms with Gasteiger partial charge in [0.1, 0.15) is 0 Å². The van der Waals surface area contributed by atoms with Gasteiger partial charge in [0, 0.05) is 13.1 Å². The number of hydrogen-bond donors (Lipinski definition) is 0. The number of amides is 3. The molecule has 154 valence electrons. The summed E-state index contributed by atoms with van der Waals surface area (Å²) in [5.41, 5.74) is 0.857. The van der Waals surface area contributed by atoms with E-state index >= 15 is 0 Å². The van der Waals surface area contributed by atoms with E-state index in [0.717, 1.165) is 24.8 Å². The van der Waals surface area contributed by atoms with Crippen LogP contribution in [0.1, 0.15) is 51.1 Å². The van der Waals surface area contributed by atoms with E-state index in [1.807, 2.05) is 35.2 Å². The van der Waals surface area contributed by atoms with Crippen LogP contribution in [0.4, 0.5) is 0 Å². The molecule has 1 heterocycles. The molecule has 4 rings (SSSR count). The largest absolute Gasteiger partial charge is 0.343 e. The summed E-state index contributed by atoms with van der Waals surface area (Å²) >= 11 is 0. The zero-order valence-electron chi connectivity index (χ0n) is 17.3. The van der Waals surface area contributed by atoms with E-state index in [9.17, 15) is 14.4 Å². The summed E-state index contributed by atoms with van der Waals surface area (Å²) in [6.45, 7) is 5.52. The number of nitrogens with zero attached hydrogens (tertiary/aromatic N) is 2. The minimum atomic E-state index is -0.523. The van der Waals surface area contributed by atoms with Gasteiger partial charge in [-0.05, 0) is 36.7 Å². The number of allylic oxidation sites excluding steroid dienone is 2. The Balaban J connectivity index is 1.63. The molecule has 0 N–H and O–H groups in total. The summed E-state index contributed by atoms with van der Waals surface area (Å²) in [7, 11) is 0. The van der Waals surface area contributed by atoms with Crippen molar-refractivity contribution < 1.29 is 14.4 Å². The minimum Gasteiger partial charge on any atom is -0.343 e. The maximum atomic E-state index is 13.4. The molecule has 1 aliphatic heterocycles. The average Bonchev–Trinajstić information content (AvgIpc) is 3.41. The van der Waals surface area contributed by atoms with Crippen molar-refractivity contribution in [3.63, 3.8) is 0 Å².